The van der Waals surface area contributed by atoms with E-state index in [1.165, 1.54) is 0 Å². The van der Waals surface area contributed by atoms with Crippen molar-refractivity contribution in [1.82, 2.24) is 5.32 Å². The third-order valence-corrected chi connectivity index (χ3v) is 4.48. The molecule has 1 aliphatic heterocycles. The summed E-state index contributed by atoms with van der Waals surface area (Å²) in [5, 5.41) is 5.77. The number of amides is 2. The highest BCUT2D eigenvalue weighted by molar-refractivity contribution is 9.10. The minimum Gasteiger partial charge on any atom is -0.482 e. The van der Waals surface area contributed by atoms with E-state index in [9.17, 15) is 9.59 Å². The Morgan fingerprint density at radius 1 is 1.45 bits per heavy atom. The lowest BCUT2D eigenvalue weighted by molar-refractivity contribution is -0.118. The van der Waals surface area contributed by atoms with E-state index in [0.29, 0.717) is 21.5 Å². The Balaban J connectivity index is 1.86. The third-order valence-electron chi connectivity index (χ3n) is 3.82. The second kappa shape index (κ2) is 4.77. The van der Waals surface area contributed by atoms with E-state index in [0.717, 1.165) is 19.3 Å². The maximum atomic E-state index is 12.3. The fourth-order valence-corrected chi connectivity index (χ4v) is 2.97. The van der Waals surface area contributed by atoms with Crippen LogP contribution in [-0.4, -0.2) is 24.0 Å². The zero-order valence-electron chi connectivity index (χ0n) is 11.1. The van der Waals surface area contributed by atoms with Gasteiger partial charge in [0, 0.05) is 10.0 Å². The van der Waals surface area contributed by atoms with E-state index in [2.05, 4.69) is 33.5 Å². The molecule has 1 heterocycles. The quantitative estimate of drug-likeness (QED) is 0.870. The number of carbonyl (C=O) groups excluding carboxylic acids is 2. The van der Waals surface area contributed by atoms with Gasteiger partial charge in [-0.1, -0.05) is 0 Å². The number of nitrogens with one attached hydrogen (secondary N) is 2. The third kappa shape index (κ3) is 2.40. The van der Waals surface area contributed by atoms with Gasteiger partial charge in [-0.2, -0.15) is 0 Å². The number of halogens is 1. The van der Waals surface area contributed by atoms with Gasteiger partial charge in [-0.3, -0.25) is 9.59 Å². The van der Waals surface area contributed by atoms with Gasteiger partial charge in [0.25, 0.3) is 11.8 Å². The molecule has 2 aliphatic rings. The molecule has 6 heteroatoms. The molecule has 106 valence electrons. The van der Waals surface area contributed by atoms with E-state index in [1.54, 1.807) is 12.1 Å². The molecule has 0 aromatic heterocycles. The molecule has 0 spiro atoms. The molecule has 0 radical (unpaired) electrons. The molecule has 0 unspecified atom stereocenters. The van der Waals surface area contributed by atoms with E-state index in [-0.39, 0.29) is 24.0 Å². The van der Waals surface area contributed by atoms with Crippen molar-refractivity contribution >= 4 is 33.4 Å². The molecular weight excluding hydrogens is 324 g/mol. The summed E-state index contributed by atoms with van der Waals surface area (Å²) in [6.45, 7) is 2.03. The van der Waals surface area contributed by atoms with Crippen LogP contribution >= 0.6 is 15.9 Å². The van der Waals surface area contributed by atoms with Crippen LogP contribution in [0.4, 0.5) is 5.69 Å². The first kappa shape index (κ1) is 13.4. The maximum Gasteiger partial charge on any atom is 0.262 e. The molecule has 20 heavy (non-hydrogen) atoms. The van der Waals surface area contributed by atoms with Crippen molar-refractivity contribution in [2.75, 3.05) is 11.9 Å². The zero-order valence-corrected chi connectivity index (χ0v) is 12.7. The van der Waals surface area contributed by atoms with Crippen LogP contribution in [0.2, 0.25) is 0 Å². The maximum absolute atomic E-state index is 12.3. The molecule has 3 rings (SSSR count). The lowest BCUT2D eigenvalue weighted by atomic mass is 9.78. The number of hydrogen-bond acceptors (Lipinski definition) is 3. The molecule has 2 amide bonds. The second-order valence-electron chi connectivity index (χ2n) is 5.53. The Morgan fingerprint density at radius 2 is 2.20 bits per heavy atom. The van der Waals surface area contributed by atoms with Gasteiger partial charge in [-0.15, -0.1) is 0 Å². The summed E-state index contributed by atoms with van der Waals surface area (Å²) in [5.74, 6) is 0.211. The van der Waals surface area contributed by atoms with Gasteiger partial charge >= 0.3 is 0 Å². The standard InChI is InChI=1S/C14H15BrN2O3/c1-14(3-2-4-14)17-13(19)8-5-11-10(6-9(8)15)16-12(18)7-20-11/h5-6H,2-4,7H2,1H3,(H,16,18)(H,17,19). The summed E-state index contributed by atoms with van der Waals surface area (Å²) >= 11 is 3.38. The van der Waals surface area contributed by atoms with Crippen LogP contribution in [0, 0.1) is 0 Å². The van der Waals surface area contributed by atoms with E-state index < -0.39 is 0 Å². The number of hydrogen-bond donors (Lipinski definition) is 2. The molecular formula is C14H15BrN2O3. The lowest BCUT2D eigenvalue weighted by Gasteiger charge is -2.39. The average Bonchev–Trinajstić information content (AvgIpc) is 2.35. The number of rotatable bonds is 2. The van der Waals surface area contributed by atoms with Gasteiger partial charge in [0.2, 0.25) is 0 Å². The number of benzene rings is 1. The molecule has 1 aliphatic carbocycles. The van der Waals surface area contributed by atoms with Gasteiger partial charge in [-0.25, -0.2) is 0 Å². The van der Waals surface area contributed by atoms with Crippen molar-refractivity contribution in [2.45, 2.75) is 31.7 Å². The predicted octanol–water partition coefficient (Wildman–Crippen LogP) is 2.45. The molecule has 0 saturated heterocycles. The number of carbonyl (C=O) groups is 2. The molecule has 1 aromatic rings. The van der Waals surface area contributed by atoms with E-state index in [1.807, 2.05) is 0 Å². The summed E-state index contributed by atoms with van der Waals surface area (Å²) in [5.41, 5.74) is 1.01. The summed E-state index contributed by atoms with van der Waals surface area (Å²) < 4.78 is 5.98. The van der Waals surface area contributed by atoms with Crippen LogP contribution in [0.1, 0.15) is 36.5 Å². The smallest absolute Gasteiger partial charge is 0.262 e. The Morgan fingerprint density at radius 3 is 2.85 bits per heavy atom. The highest BCUT2D eigenvalue weighted by Gasteiger charge is 2.34. The topological polar surface area (TPSA) is 67.4 Å². The minimum atomic E-state index is -0.191. The SMILES string of the molecule is CC1(NC(=O)c2cc3c(cc2Br)NC(=O)CO3)CCC1. The number of anilines is 1. The van der Waals surface area contributed by atoms with Crippen LogP contribution < -0.4 is 15.4 Å². The number of fused-ring (bicyclic) bond motifs is 1. The summed E-state index contributed by atoms with van der Waals surface area (Å²) in [7, 11) is 0. The lowest BCUT2D eigenvalue weighted by Crippen LogP contribution is -2.51. The van der Waals surface area contributed by atoms with E-state index >= 15 is 0 Å². The zero-order chi connectivity index (χ0) is 14.3. The Bertz CT molecular complexity index is 596. The number of ether oxygens (including phenoxy) is 1. The molecule has 1 saturated carbocycles. The first-order chi connectivity index (χ1) is 9.47. The van der Waals surface area contributed by atoms with Crippen molar-refractivity contribution in [3.63, 3.8) is 0 Å². The van der Waals surface area contributed by atoms with Crippen LogP contribution in [0.15, 0.2) is 16.6 Å². The Kier molecular flexibility index (Phi) is 3.20. The predicted molar refractivity (Wildman–Crippen MR) is 78.0 cm³/mol. The Hall–Kier alpha value is -1.56. The van der Waals surface area contributed by atoms with Gasteiger partial charge < -0.3 is 15.4 Å². The summed E-state index contributed by atoms with van der Waals surface area (Å²) in [6, 6.07) is 3.36. The summed E-state index contributed by atoms with van der Waals surface area (Å²) in [6.07, 6.45) is 3.17. The first-order valence-corrected chi connectivity index (χ1v) is 7.35. The van der Waals surface area contributed by atoms with Crippen LogP contribution in [-0.2, 0) is 4.79 Å². The van der Waals surface area contributed by atoms with E-state index in [4.69, 9.17) is 4.74 Å². The fourth-order valence-electron chi connectivity index (χ4n) is 2.45. The van der Waals surface area contributed by atoms with Crippen molar-refractivity contribution in [3.8, 4) is 5.75 Å². The summed E-state index contributed by atoms with van der Waals surface area (Å²) in [4.78, 5) is 23.6. The second-order valence-corrected chi connectivity index (χ2v) is 6.39. The average molecular weight is 339 g/mol. The normalized spacial score (nSPS) is 19.2. The monoisotopic (exact) mass is 338 g/mol. The molecule has 0 bridgehead atoms. The molecule has 1 fully saturated rings. The van der Waals surface area contributed by atoms with Gasteiger partial charge in [0.15, 0.2) is 6.61 Å². The highest BCUT2D eigenvalue weighted by Crippen LogP contribution is 2.35. The highest BCUT2D eigenvalue weighted by atomic mass is 79.9. The van der Waals surface area contributed by atoms with Crippen molar-refractivity contribution in [1.29, 1.82) is 0 Å². The molecule has 5 nitrogen and oxygen atoms in total. The van der Waals surface area contributed by atoms with Crippen molar-refractivity contribution in [3.05, 3.63) is 22.2 Å². The van der Waals surface area contributed by atoms with Crippen LogP contribution in [0.25, 0.3) is 0 Å². The Labute approximate surface area is 125 Å². The molecule has 1 aromatic carbocycles. The fraction of sp³-hybridized carbons (Fsp3) is 0.429. The minimum absolute atomic E-state index is 0.0204. The first-order valence-electron chi connectivity index (χ1n) is 6.56. The van der Waals surface area contributed by atoms with Crippen LogP contribution in [0.5, 0.6) is 5.75 Å². The van der Waals surface area contributed by atoms with Crippen molar-refractivity contribution < 1.29 is 14.3 Å². The van der Waals surface area contributed by atoms with Crippen LogP contribution in [0.3, 0.4) is 0 Å². The van der Waals surface area contributed by atoms with Gasteiger partial charge in [0.05, 0.1) is 11.3 Å². The largest absolute Gasteiger partial charge is 0.482 e. The van der Waals surface area contributed by atoms with Gasteiger partial charge in [-0.05, 0) is 54.2 Å². The molecule has 2 N–H and O–H groups in total. The van der Waals surface area contributed by atoms with Gasteiger partial charge in [0.1, 0.15) is 5.75 Å². The van der Waals surface area contributed by atoms with Crippen molar-refractivity contribution in [2.24, 2.45) is 0 Å². The molecule has 0 atom stereocenters.